The zero-order valence-electron chi connectivity index (χ0n) is 16.9. The summed E-state index contributed by atoms with van der Waals surface area (Å²) in [5.74, 6) is 0.389. The molecular weight excluding hydrogens is 382 g/mol. The monoisotopic (exact) mass is 405 g/mol. The molecule has 30 heavy (non-hydrogen) atoms. The molecular formula is C22H23N5O3. The molecule has 8 heteroatoms. The van der Waals surface area contributed by atoms with Gasteiger partial charge in [-0.25, -0.2) is 9.78 Å². The van der Waals surface area contributed by atoms with Gasteiger partial charge in [0.05, 0.1) is 25.0 Å². The van der Waals surface area contributed by atoms with Crippen molar-refractivity contribution in [2.75, 3.05) is 23.5 Å². The van der Waals surface area contributed by atoms with Crippen molar-refractivity contribution < 1.29 is 14.3 Å². The summed E-state index contributed by atoms with van der Waals surface area (Å²) in [6.45, 7) is 2.84. The first kappa shape index (κ1) is 18.5. The number of aromatic nitrogens is 2. The topological polar surface area (TPSA) is 90.6 Å². The average molecular weight is 405 g/mol. The van der Waals surface area contributed by atoms with Crippen molar-refractivity contribution in [3.63, 3.8) is 0 Å². The van der Waals surface area contributed by atoms with E-state index in [-0.39, 0.29) is 18.0 Å². The molecule has 8 nitrogen and oxygen atoms in total. The summed E-state index contributed by atoms with van der Waals surface area (Å²) in [5, 5.41) is 3.92. The molecule has 0 unspecified atom stereocenters. The predicted octanol–water partition coefficient (Wildman–Crippen LogP) is 3.43. The number of hydrogen-bond donors (Lipinski definition) is 2. The van der Waals surface area contributed by atoms with Gasteiger partial charge in [0.25, 0.3) is 5.91 Å². The minimum Gasteiger partial charge on any atom is -0.497 e. The van der Waals surface area contributed by atoms with Crippen LogP contribution in [0.5, 0.6) is 5.75 Å². The van der Waals surface area contributed by atoms with E-state index in [0.29, 0.717) is 30.1 Å². The van der Waals surface area contributed by atoms with E-state index in [1.807, 2.05) is 19.2 Å². The number of nitrogens with one attached hydrogen (secondary N) is 2. The lowest BCUT2D eigenvalue weighted by Crippen LogP contribution is -2.47. The van der Waals surface area contributed by atoms with Gasteiger partial charge < -0.3 is 15.0 Å². The molecule has 0 radical (unpaired) electrons. The first-order valence-corrected chi connectivity index (χ1v) is 10.1. The summed E-state index contributed by atoms with van der Waals surface area (Å²) < 4.78 is 5.41. The number of pyridine rings is 1. The molecule has 0 saturated heterocycles. The first-order valence-electron chi connectivity index (χ1n) is 10.1. The maximum absolute atomic E-state index is 13.4. The number of fused-ring (bicyclic) bond motifs is 3. The van der Waals surface area contributed by atoms with Crippen molar-refractivity contribution in [2.45, 2.75) is 32.4 Å². The highest BCUT2D eigenvalue weighted by Crippen LogP contribution is 2.37. The lowest BCUT2D eigenvalue weighted by atomic mass is 10.1. The van der Waals surface area contributed by atoms with Crippen molar-refractivity contribution >= 4 is 34.3 Å². The number of amides is 3. The molecule has 2 aromatic heterocycles. The molecule has 2 aliphatic rings. The number of nitrogens with zero attached hydrogens (tertiary/aromatic N) is 3. The van der Waals surface area contributed by atoms with Crippen LogP contribution in [0.25, 0.3) is 11.0 Å². The predicted molar refractivity (Wildman–Crippen MR) is 114 cm³/mol. The molecule has 1 saturated carbocycles. The van der Waals surface area contributed by atoms with Crippen molar-refractivity contribution in [1.29, 1.82) is 0 Å². The highest BCUT2D eigenvalue weighted by Gasteiger charge is 2.33. The Morgan fingerprint density at radius 3 is 2.90 bits per heavy atom. The minimum atomic E-state index is -0.148. The normalized spacial score (nSPS) is 16.0. The Morgan fingerprint density at radius 1 is 1.33 bits per heavy atom. The van der Waals surface area contributed by atoms with E-state index in [1.165, 1.54) is 0 Å². The van der Waals surface area contributed by atoms with Gasteiger partial charge in [-0.1, -0.05) is 0 Å². The van der Waals surface area contributed by atoms with Crippen LogP contribution in [-0.4, -0.2) is 41.6 Å². The molecule has 3 heterocycles. The third kappa shape index (κ3) is 3.04. The number of aromatic amines is 1. The number of urea groups is 1. The Balaban J connectivity index is 1.56. The maximum atomic E-state index is 13.4. The van der Waals surface area contributed by atoms with Crippen molar-refractivity contribution in [2.24, 2.45) is 0 Å². The molecule has 5 rings (SSSR count). The number of carbonyl (C=O) groups excluding carboxylic acids is 2. The summed E-state index contributed by atoms with van der Waals surface area (Å²) in [5.41, 5.74) is 3.71. The molecule has 2 N–H and O–H groups in total. The molecule has 3 amide bonds. The molecule has 3 aromatic rings. The van der Waals surface area contributed by atoms with Crippen LogP contribution in [0, 0.1) is 0 Å². The summed E-state index contributed by atoms with van der Waals surface area (Å²) in [6.07, 6.45) is 5.65. The SMILES string of the molecule is CCN1C(=O)N(c2cc(OC)cc(C(=O)NC3CC3)c2)Cc2cnc3[nH]ccc3c21. The highest BCUT2D eigenvalue weighted by atomic mass is 16.5. The minimum absolute atomic E-state index is 0.138. The number of hydrogen-bond acceptors (Lipinski definition) is 4. The van der Waals surface area contributed by atoms with Gasteiger partial charge in [0.2, 0.25) is 0 Å². The van der Waals surface area contributed by atoms with Crippen LogP contribution >= 0.6 is 0 Å². The second kappa shape index (κ2) is 7.05. The third-order valence-corrected chi connectivity index (χ3v) is 5.62. The Morgan fingerprint density at radius 2 is 2.17 bits per heavy atom. The van der Waals surface area contributed by atoms with Crippen molar-refractivity contribution in [3.05, 3.63) is 47.8 Å². The Kier molecular flexibility index (Phi) is 4.34. The quantitative estimate of drug-likeness (QED) is 0.680. The zero-order valence-corrected chi connectivity index (χ0v) is 16.9. The third-order valence-electron chi connectivity index (χ3n) is 5.62. The molecule has 1 aliphatic heterocycles. The van der Waals surface area contributed by atoms with Crippen LogP contribution in [0.2, 0.25) is 0 Å². The van der Waals surface area contributed by atoms with Gasteiger partial charge in [-0.3, -0.25) is 14.6 Å². The van der Waals surface area contributed by atoms with Gasteiger partial charge in [-0.2, -0.15) is 0 Å². The maximum Gasteiger partial charge on any atom is 0.329 e. The van der Waals surface area contributed by atoms with Gasteiger partial charge in [0.15, 0.2) is 0 Å². The first-order chi connectivity index (χ1) is 14.6. The highest BCUT2D eigenvalue weighted by molar-refractivity contribution is 6.11. The number of anilines is 2. The number of carbonyl (C=O) groups is 2. The smallest absolute Gasteiger partial charge is 0.329 e. The van der Waals surface area contributed by atoms with E-state index in [4.69, 9.17) is 4.74 Å². The Labute approximate surface area is 173 Å². The van der Waals surface area contributed by atoms with Crippen LogP contribution in [-0.2, 0) is 6.54 Å². The van der Waals surface area contributed by atoms with E-state index >= 15 is 0 Å². The molecule has 154 valence electrons. The van der Waals surface area contributed by atoms with Gasteiger partial charge in [0.1, 0.15) is 11.4 Å². The van der Waals surface area contributed by atoms with E-state index in [0.717, 1.165) is 35.1 Å². The molecule has 0 spiro atoms. The largest absolute Gasteiger partial charge is 0.497 e. The molecule has 0 bridgehead atoms. The fraction of sp³-hybridized carbons (Fsp3) is 0.318. The Hall–Kier alpha value is -3.55. The van der Waals surface area contributed by atoms with Crippen LogP contribution < -0.4 is 19.9 Å². The summed E-state index contributed by atoms with van der Waals surface area (Å²) >= 11 is 0. The second-order valence-electron chi connectivity index (χ2n) is 7.65. The second-order valence-corrected chi connectivity index (χ2v) is 7.65. The lowest BCUT2D eigenvalue weighted by Gasteiger charge is -2.37. The number of methoxy groups -OCH3 is 1. The van der Waals surface area contributed by atoms with E-state index in [2.05, 4.69) is 15.3 Å². The average Bonchev–Trinajstić information content (AvgIpc) is 3.44. The number of rotatable bonds is 5. The van der Waals surface area contributed by atoms with Gasteiger partial charge in [-0.05, 0) is 38.0 Å². The standard InChI is InChI=1S/C22H23N5O3/c1-3-26-19-14(11-24-20-18(19)6-7-23-20)12-27(22(26)29)16-8-13(9-17(10-16)30-2)21(28)25-15-4-5-15/h6-11,15H,3-5,12H2,1-2H3,(H,23,24)(H,25,28). The lowest BCUT2D eigenvalue weighted by molar-refractivity contribution is 0.0950. The van der Waals surface area contributed by atoms with Crippen molar-refractivity contribution in [1.82, 2.24) is 15.3 Å². The van der Waals surface area contributed by atoms with E-state index < -0.39 is 0 Å². The van der Waals surface area contributed by atoms with Crippen LogP contribution in [0.1, 0.15) is 35.7 Å². The van der Waals surface area contributed by atoms with Gasteiger partial charge >= 0.3 is 6.03 Å². The Bertz CT molecular complexity index is 1150. The number of benzene rings is 1. The summed E-state index contributed by atoms with van der Waals surface area (Å²) in [6, 6.07) is 7.29. The molecule has 1 fully saturated rings. The van der Waals surface area contributed by atoms with Gasteiger partial charge in [0, 0.05) is 47.6 Å². The van der Waals surface area contributed by atoms with Crippen LogP contribution in [0.3, 0.4) is 0 Å². The molecule has 1 aliphatic carbocycles. The van der Waals surface area contributed by atoms with E-state index in [9.17, 15) is 9.59 Å². The van der Waals surface area contributed by atoms with E-state index in [1.54, 1.807) is 41.3 Å². The van der Waals surface area contributed by atoms with Gasteiger partial charge in [-0.15, -0.1) is 0 Å². The summed E-state index contributed by atoms with van der Waals surface area (Å²) in [7, 11) is 1.56. The zero-order chi connectivity index (χ0) is 20.8. The number of ether oxygens (including phenoxy) is 1. The van der Waals surface area contributed by atoms with Crippen LogP contribution in [0.15, 0.2) is 36.7 Å². The van der Waals surface area contributed by atoms with Crippen LogP contribution in [0.4, 0.5) is 16.2 Å². The fourth-order valence-electron chi connectivity index (χ4n) is 3.93. The summed E-state index contributed by atoms with van der Waals surface area (Å²) in [4.78, 5) is 37.1. The fourth-order valence-corrected chi connectivity index (χ4v) is 3.93. The molecule has 1 aromatic carbocycles. The van der Waals surface area contributed by atoms with Crippen molar-refractivity contribution in [3.8, 4) is 5.75 Å². The molecule has 0 atom stereocenters. The number of H-pyrrole nitrogens is 1.